The van der Waals surface area contributed by atoms with E-state index in [9.17, 15) is 9.90 Å². The molecule has 1 heterocycles. The van der Waals surface area contributed by atoms with Crippen molar-refractivity contribution in [2.24, 2.45) is 5.92 Å². The molecule has 3 rings (SSSR count). The van der Waals surface area contributed by atoms with Crippen molar-refractivity contribution in [1.82, 2.24) is 10.3 Å². The summed E-state index contributed by atoms with van der Waals surface area (Å²) in [6.45, 7) is 7.94. The van der Waals surface area contributed by atoms with Crippen molar-refractivity contribution >= 4 is 28.4 Å². The maximum absolute atomic E-state index is 12.5. The Morgan fingerprint density at radius 3 is 2.32 bits per heavy atom. The van der Waals surface area contributed by atoms with Gasteiger partial charge in [-0.05, 0) is 35.2 Å². The van der Waals surface area contributed by atoms with Crippen molar-refractivity contribution < 1.29 is 9.90 Å². The van der Waals surface area contributed by atoms with Crippen molar-refractivity contribution in [1.29, 1.82) is 0 Å². The van der Waals surface area contributed by atoms with Crippen LogP contribution in [0.5, 0.6) is 5.75 Å². The molecule has 0 spiro atoms. The highest BCUT2D eigenvalue weighted by Gasteiger charge is 2.24. The zero-order chi connectivity index (χ0) is 20.4. The molecule has 2 aromatic carbocycles. The third-order valence-corrected chi connectivity index (χ3v) is 5.22. The Labute approximate surface area is 170 Å². The van der Waals surface area contributed by atoms with Gasteiger partial charge in [0.05, 0.1) is 11.1 Å². The van der Waals surface area contributed by atoms with E-state index in [0.29, 0.717) is 27.4 Å². The van der Waals surface area contributed by atoms with E-state index in [1.165, 1.54) is 5.56 Å². The number of hydrogen-bond acceptors (Lipinski definition) is 3. The first-order valence-electron chi connectivity index (χ1n) is 9.46. The van der Waals surface area contributed by atoms with Crippen LogP contribution in [0.25, 0.3) is 10.9 Å². The van der Waals surface area contributed by atoms with Gasteiger partial charge in [0.2, 0.25) is 5.91 Å². The zero-order valence-corrected chi connectivity index (χ0v) is 17.3. The molecule has 0 radical (unpaired) electrons. The summed E-state index contributed by atoms with van der Waals surface area (Å²) in [5, 5.41) is 15.1. The standard InChI is InChI=1S/C23H25ClN2O2/c1-13(2)15-7-9-16(10-8-15)20(26-23(28)14(3)4)18-12-19(24)17-6-5-11-25-21(17)22(18)27/h5-14,20,27H,1-4H3,(H,26,28)/t20-/m0/s1. The molecule has 2 N–H and O–H groups in total. The van der Waals surface area contributed by atoms with Gasteiger partial charge < -0.3 is 10.4 Å². The SMILES string of the molecule is CC(C)C(=O)N[C@@H](c1ccc(C(C)C)cc1)c1cc(Cl)c2cccnc2c1O. The van der Waals surface area contributed by atoms with Gasteiger partial charge in [-0.3, -0.25) is 9.78 Å². The fourth-order valence-corrected chi connectivity index (χ4v) is 3.42. The van der Waals surface area contributed by atoms with Gasteiger partial charge in [-0.15, -0.1) is 0 Å². The van der Waals surface area contributed by atoms with E-state index < -0.39 is 6.04 Å². The topological polar surface area (TPSA) is 62.2 Å². The number of benzene rings is 2. The third kappa shape index (κ3) is 3.97. The fraction of sp³-hybridized carbons (Fsp3) is 0.304. The van der Waals surface area contributed by atoms with E-state index in [2.05, 4.69) is 24.1 Å². The lowest BCUT2D eigenvalue weighted by molar-refractivity contribution is -0.124. The predicted molar refractivity (Wildman–Crippen MR) is 114 cm³/mol. The average Bonchev–Trinajstić information content (AvgIpc) is 2.69. The molecular weight excluding hydrogens is 372 g/mol. The van der Waals surface area contributed by atoms with Gasteiger partial charge in [0, 0.05) is 23.1 Å². The summed E-state index contributed by atoms with van der Waals surface area (Å²) in [5.74, 6) is 0.149. The van der Waals surface area contributed by atoms with E-state index in [1.54, 1.807) is 18.3 Å². The smallest absolute Gasteiger partial charge is 0.223 e. The number of aromatic hydroxyl groups is 1. The van der Waals surface area contributed by atoms with Crippen molar-refractivity contribution in [3.63, 3.8) is 0 Å². The molecule has 0 unspecified atom stereocenters. The molecule has 3 aromatic rings. The van der Waals surface area contributed by atoms with E-state index >= 15 is 0 Å². The summed E-state index contributed by atoms with van der Waals surface area (Å²) in [6.07, 6.45) is 1.61. The fourth-order valence-electron chi connectivity index (χ4n) is 3.15. The lowest BCUT2D eigenvalue weighted by Gasteiger charge is -2.23. The van der Waals surface area contributed by atoms with Gasteiger partial charge in [0.25, 0.3) is 0 Å². The Balaban J connectivity index is 2.15. The minimum atomic E-state index is -0.528. The Morgan fingerprint density at radius 2 is 1.71 bits per heavy atom. The average molecular weight is 397 g/mol. The number of phenolic OH excluding ortho intramolecular Hbond substituents is 1. The van der Waals surface area contributed by atoms with Crippen LogP contribution in [0, 0.1) is 5.92 Å². The second-order valence-corrected chi connectivity index (χ2v) is 8.02. The molecule has 4 nitrogen and oxygen atoms in total. The quantitative estimate of drug-likeness (QED) is 0.591. The van der Waals surface area contributed by atoms with Crippen LogP contribution in [-0.2, 0) is 4.79 Å². The molecule has 1 amide bonds. The van der Waals surface area contributed by atoms with Crippen LogP contribution in [0.15, 0.2) is 48.7 Å². The number of fused-ring (bicyclic) bond motifs is 1. The van der Waals surface area contributed by atoms with Crippen molar-refractivity contribution in [2.45, 2.75) is 39.7 Å². The highest BCUT2D eigenvalue weighted by molar-refractivity contribution is 6.35. The van der Waals surface area contributed by atoms with Gasteiger partial charge in [0.1, 0.15) is 11.3 Å². The molecule has 146 valence electrons. The highest BCUT2D eigenvalue weighted by atomic mass is 35.5. The van der Waals surface area contributed by atoms with Gasteiger partial charge >= 0.3 is 0 Å². The van der Waals surface area contributed by atoms with Gasteiger partial charge in [0.15, 0.2) is 0 Å². The minimum Gasteiger partial charge on any atom is -0.505 e. The Hall–Kier alpha value is -2.59. The van der Waals surface area contributed by atoms with E-state index in [4.69, 9.17) is 11.6 Å². The first kappa shape index (κ1) is 20.2. The second kappa shape index (κ2) is 8.19. The number of hydrogen-bond donors (Lipinski definition) is 2. The molecule has 1 atom stereocenters. The maximum atomic E-state index is 12.5. The zero-order valence-electron chi connectivity index (χ0n) is 16.5. The molecule has 0 bridgehead atoms. The van der Waals surface area contributed by atoms with Crippen LogP contribution < -0.4 is 5.32 Å². The Morgan fingerprint density at radius 1 is 1.07 bits per heavy atom. The molecule has 0 aliphatic carbocycles. The summed E-state index contributed by atoms with van der Waals surface area (Å²) in [5.41, 5.74) is 3.04. The number of phenols is 1. The lowest BCUT2D eigenvalue weighted by atomic mass is 9.93. The van der Waals surface area contributed by atoms with Crippen molar-refractivity contribution in [3.05, 3.63) is 70.4 Å². The number of nitrogens with one attached hydrogen (secondary N) is 1. The maximum Gasteiger partial charge on any atom is 0.223 e. The molecule has 0 saturated heterocycles. The second-order valence-electron chi connectivity index (χ2n) is 7.61. The molecule has 0 saturated carbocycles. The van der Waals surface area contributed by atoms with Crippen molar-refractivity contribution in [3.8, 4) is 5.75 Å². The van der Waals surface area contributed by atoms with Gasteiger partial charge in [-0.25, -0.2) is 0 Å². The van der Waals surface area contributed by atoms with E-state index in [0.717, 1.165) is 5.56 Å². The number of nitrogens with zero attached hydrogens (tertiary/aromatic N) is 1. The Bertz CT molecular complexity index is 997. The first-order chi connectivity index (χ1) is 13.3. The molecule has 1 aromatic heterocycles. The minimum absolute atomic E-state index is 0.0296. The summed E-state index contributed by atoms with van der Waals surface area (Å²) in [7, 11) is 0. The normalized spacial score (nSPS) is 12.5. The van der Waals surface area contributed by atoms with Crippen LogP contribution in [-0.4, -0.2) is 16.0 Å². The van der Waals surface area contributed by atoms with Gasteiger partial charge in [-0.2, -0.15) is 0 Å². The molecule has 0 aliphatic rings. The number of aromatic nitrogens is 1. The molecular formula is C23H25ClN2O2. The number of rotatable bonds is 5. The molecule has 0 fully saturated rings. The largest absolute Gasteiger partial charge is 0.505 e. The summed E-state index contributed by atoms with van der Waals surface area (Å²) in [6, 6.07) is 12.8. The predicted octanol–water partition coefficient (Wildman–Crippen LogP) is 5.58. The van der Waals surface area contributed by atoms with Crippen LogP contribution in [0.3, 0.4) is 0 Å². The van der Waals surface area contributed by atoms with Gasteiger partial charge in [-0.1, -0.05) is 63.6 Å². The van der Waals surface area contributed by atoms with Crippen LogP contribution in [0.2, 0.25) is 5.02 Å². The monoisotopic (exact) mass is 396 g/mol. The first-order valence-corrected chi connectivity index (χ1v) is 9.83. The highest BCUT2D eigenvalue weighted by Crippen LogP contribution is 2.38. The number of pyridine rings is 1. The number of halogens is 1. The van der Waals surface area contributed by atoms with Crippen LogP contribution in [0.4, 0.5) is 0 Å². The number of carbonyl (C=O) groups excluding carboxylic acids is 1. The third-order valence-electron chi connectivity index (χ3n) is 4.90. The van der Waals surface area contributed by atoms with E-state index in [-0.39, 0.29) is 17.6 Å². The Kier molecular flexibility index (Phi) is 5.90. The van der Waals surface area contributed by atoms with Crippen LogP contribution in [0.1, 0.15) is 56.3 Å². The summed E-state index contributed by atoms with van der Waals surface area (Å²) < 4.78 is 0. The lowest BCUT2D eigenvalue weighted by Crippen LogP contribution is -2.32. The summed E-state index contributed by atoms with van der Waals surface area (Å²) in [4.78, 5) is 16.8. The number of amides is 1. The van der Waals surface area contributed by atoms with Crippen LogP contribution >= 0.6 is 11.6 Å². The molecule has 28 heavy (non-hydrogen) atoms. The molecule has 5 heteroatoms. The molecule has 0 aliphatic heterocycles. The number of carbonyl (C=O) groups is 1. The van der Waals surface area contributed by atoms with Crippen molar-refractivity contribution in [2.75, 3.05) is 0 Å². The summed E-state index contributed by atoms with van der Waals surface area (Å²) >= 11 is 6.47. The van der Waals surface area contributed by atoms with E-state index in [1.807, 2.05) is 44.2 Å².